The molecular weight excluding hydrogens is 1230 g/mol. The van der Waals surface area contributed by atoms with Crippen molar-refractivity contribution < 1.29 is 90.6 Å². The molecule has 1 aliphatic rings. The van der Waals surface area contributed by atoms with Crippen LogP contribution in [0.15, 0.2) is 0 Å². The van der Waals surface area contributed by atoms with E-state index in [9.17, 15) is 47.9 Å². The zero-order valence-corrected chi connectivity index (χ0v) is 59.8. The summed E-state index contributed by atoms with van der Waals surface area (Å²) in [6.07, 6.45) is 24.0. The fourth-order valence-electron chi connectivity index (χ4n) is 10.5. The second kappa shape index (κ2) is 50.0. The molecule has 0 saturated carbocycles. The molecule has 0 aromatic carbocycles. The minimum atomic E-state index is -2.41. The maximum Gasteiger partial charge on any atom is 0.408 e. The fourth-order valence-corrected chi connectivity index (χ4v) is 10.5. The number of cyclic esters (lactones) is 2. The van der Waals surface area contributed by atoms with Gasteiger partial charge in [-0.3, -0.25) is 33.6 Å². The van der Waals surface area contributed by atoms with Crippen LogP contribution in [0.3, 0.4) is 0 Å². The molecule has 7 N–H and O–H groups in total. The molecule has 1 rings (SSSR count). The van der Waals surface area contributed by atoms with Crippen molar-refractivity contribution in [2.45, 2.75) is 316 Å². The summed E-state index contributed by atoms with van der Waals surface area (Å²) in [7, 11) is 0. The third-order valence-corrected chi connectivity index (χ3v) is 15.8. The molecule has 6 amide bonds. The zero-order chi connectivity index (χ0) is 71.0. The SMILES string of the molecule is CCCCCCCCCCCCCCCOC(=O)CCC(NC(=O)C1C(C(N)=O)NC(=O)C(C)(C)OC(=O)NCCCC(=O)OCC1(COC(=O)CCCNC(=O)OC(C)(C)C)COC(=O)CCCNC(=O)OC(C)(C)C)C(=O)OCCCCCCCCCCCCCCC. The van der Waals surface area contributed by atoms with E-state index in [0.29, 0.717) is 12.8 Å². The lowest BCUT2D eigenvalue weighted by Crippen LogP contribution is -2.65. The van der Waals surface area contributed by atoms with Crippen LogP contribution in [-0.2, 0) is 76.3 Å². The summed E-state index contributed by atoms with van der Waals surface area (Å²) in [5.74, 6) is -10.6. The van der Waals surface area contributed by atoms with Crippen molar-refractivity contribution in [3.8, 4) is 0 Å². The van der Waals surface area contributed by atoms with Crippen LogP contribution in [-0.4, -0.2) is 147 Å². The van der Waals surface area contributed by atoms with Gasteiger partial charge in [0.1, 0.15) is 43.1 Å². The molecule has 25 nitrogen and oxygen atoms in total. The Morgan fingerprint density at radius 1 is 0.568 bits per heavy atom. The van der Waals surface area contributed by atoms with Crippen LogP contribution in [0.4, 0.5) is 14.4 Å². The maximum absolute atomic E-state index is 15.7. The molecule has 25 heteroatoms. The number of ether oxygens (including phenoxy) is 8. The normalized spacial score (nSPS) is 16.3. The van der Waals surface area contributed by atoms with E-state index >= 15 is 4.79 Å². The summed E-state index contributed by atoms with van der Waals surface area (Å²) >= 11 is 0. The Labute approximate surface area is 567 Å². The molecule has 1 saturated heterocycles. The minimum absolute atomic E-state index is 0.0109. The molecule has 95 heavy (non-hydrogen) atoms. The second-order valence-corrected chi connectivity index (χ2v) is 27.6. The van der Waals surface area contributed by atoms with E-state index in [0.717, 1.165) is 57.8 Å². The van der Waals surface area contributed by atoms with Crippen molar-refractivity contribution in [2.75, 3.05) is 52.7 Å². The highest BCUT2D eigenvalue weighted by molar-refractivity contribution is 5.96. The molecular formula is C70H124N6O19. The number of carbonyl (C=O) groups excluding carboxylic acids is 11. The van der Waals surface area contributed by atoms with Crippen LogP contribution in [0.2, 0.25) is 0 Å². The minimum Gasteiger partial charge on any atom is -0.466 e. The Bertz CT molecular complexity index is 2220. The number of amides is 6. The van der Waals surface area contributed by atoms with Gasteiger partial charge >= 0.3 is 48.1 Å². The second-order valence-electron chi connectivity index (χ2n) is 27.6. The molecule has 0 bridgehead atoms. The van der Waals surface area contributed by atoms with E-state index in [1.807, 2.05) is 0 Å². The number of carbonyl (C=O) groups is 11. The third kappa shape index (κ3) is 44.1. The predicted molar refractivity (Wildman–Crippen MR) is 359 cm³/mol. The molecule has 1 heterocycles. The molecule has 1 aliphatic heterocycles. The van der Waals surface area contributed by atoms with Gasteiger partial charge in [0.2, 0.25) is 11.8 Å². The van der Waals surface area contributed by atoms with Crippen molar-refractivity contribution in [1.29, 1.82) is 0 Å². The molecule has 1 fully saturated rings. The van der Waals surface area contributed by atoms with Crippen LogP contribution < -0.4 is 32.3 Å². The number of esters is 5. The van der Waals surface area contributed by atoms with Gasteiger partial charge in [-0.2, -0.15) is 0 Å². The Balaban J connectivity index is 3.86. The Kier molecular flexibility index (Phi) is 45.6. The number of primary amides is 1. The van der Waals surface area contributed by atoms with E-state index in [4.69, 9.17) is 43.6 Å². The topological polar surface area (TPSA) is 348 Å². The molecule has 3 atom stereocenters. The first kappa shape index (κ1) is 86.6. The maximum atomic E-state index is 15.7. The summed E-state index contributed by atoms with van der Waals surface area (Å²) in [5.41, 5.74) is -0.0148. The standard InChI is InChI=1S/C70H124N6O19/c1-11-13-15-17-19-21-23-25-27-29-31-33-35-48-88-57(80)44-43-53(62(83)89-49-36-34-32-30-28-26-24-22-20-18-16-14-12-2)75-61(82)58-59(60(71)81)76-63(84)69(9,10)95-66(87)74-47-39-42-56(79)92-52-70(58,50-90-54(77)40-37-45-72-64(85)93-67(3,4)5)51-91-55(78)41-38-46-73-65(86)94-68(6,7)8/h53,58-59H,11-52H2,1-10H3,(H2,71,81)(H,72,85)(H,73,86)(H,74,87)(H,75,82)(H,76,84). The van der Waals surface area contributed by atoms with Gasteiger partial charge in [-0.1, -0.05) is 168 Å². The molecule has 0 aromatic heterocycles. The lowest BCUT2D eigenvalue weighted by atomic mass is 9.71. The van der Waals surface area contributed by atoms with E-state index < -0.39 is 139 Å². The average Bonchev–Trinajstić information content (AvgIpc) is 0.966. The van der Waals surface area contributed by atoms with Crippen molar-refractivity contribution >= 4 is 65.8 Å². The quantitative estimate of drug-likeness (QED) is 0.0187. The highest BCUT2D eigenvalue weighted by Gasteiger charge is 2.54. The largest absolute Gasteiger partial charge is 0.466 e. The number of unbranched alkanes of at least 4 members (excludes halogenated alkanes) is 24. The van der Waals surface area contributed by atoms with E-state index in [-0.39, 0.29) is 71.4 Å². The molecule has 0 aliphatic carbocycles. The van der Waals surface area contributed by atoms with Crippen LogP contribution in [0.5, 0.6) is 0 Å². The highest BCUT2D eigenvalue weighted by Crippen LogP contribution is 2.35. The first-order chi connectivity index (χ1) is 45.0. The summed E-state index contributed by atoms with van der Waals surface area (Å²) in [5, 5.41) is 12.5. The van der Waals surface area contributed by atoms with Gasteiger partial charge in [0.05, 0.1) is 24.5 Å². The molecule has 548 valence electrons. The van der Waals surface area contributed by atoms with Crippen LogP contribution in [0.25, 0.3) is 0 Å². The lowest BCUT2D eigenvalue weighted by molar-refractivity contribution is -0.174. The van der Waals surface area contributed by atoms with Gasteiger partial charge in [-0.15, -0.1) is 0 Å². The van der Waals surface area contributed by atoms with Crippen LogP contribution >= 0.6 is 0 Å². The van der Waals surface area contributed by atoms with Gasteiger partial charge in [0.25, 0.3) is 5.91 Å². The van der Waals surface area contributed by atoms with Gasteiger partial charge in [-0.25, -0.2) is 19.2 Å². The van der Waals surface area contributed by atoms with Gasteiger partial charge in [0, 0.05) is 45.3 Å². The van der Waals surface area contributed by atoms with Crippen molar-refractivity contribution in [1.82, 2.24) is 26.6 Å². The van der Waals surface area contributed by atoms with Crippen molar-refractivity contribution in [2.24, 2.45) is 17.1 Å². The summed E-state index contributed by atoms with van der Waals surface area (Å²) in [4.78, 5) is 151. The Hall–Kier alpha value is -6.43. The monoisotopic (exact) mass is 1350 g/mol. The van der Waals surface area contributed by atoms with Gasteiger partial charge < -0.3 is 70.2 Å². The van der Waals surface area contributed by atoms with Crippen LogP contribution in [0, 0.1) is 11.3 Å². The fraction of sp³-hybridized carbons (Fsp3) is 0.843. The van der Waals surface area contributed by atoms with E-state index in [1.54, 1.807) is 41.5 Å². The smallest absolute Gasteiger partial charge is 0.408 e. The number of hydrogen-bond acceptors (Lipinski definition) is 19. The molecule has 0 radical (unpaired) electrons. The first-order valence-electron chi connectivity index (χ1n) is 35.6. The number of hydrogen-bond donors (Lipinski definition) is 6. The zero-order valence-electron chi connectivity index (χ0n) is 59.8. The highest BCUT2D eigenvalue weighted by atomic mass is 16.6. The van der Waals surface area contributed by atoms with Crippen molar-refractivity contribution in [3.63, 3.8) is 0 Å². The average molecular weight is 1350 g/mol. The Morgan fingerprint density at radius 2 is 0.979 bits per heavy atom. The Morgan fingerprint density at radius 3 is 1.40 bits per heavy atom. The number of nitrogens with two attached hydrogens (primary N) is 1. The summed E-state index contributed by atoms with van der Waals surface area (Å²) in [6, 6.07) is -3.92. The molecule has 0 spiro atoms. The first-order valence-corrected chi connectivity index (χ1v) is 35.6. The summed E-state index contributed by atoms with van der Waals surface area (Å²) < 4.78 is 44.9. The van der Waals surface area contributed by atoms with Crippen LogP contribution in [0.1, 0.15) is 288 Å². The van der Waals surface area contributed by atoms with Gasteiger partial charge in [-0.05, 0) is 93.9 Å². The van der Waals surface area contributed by atoms with Crippen molar-refractivity contribution in [3.05, 3.63) is 0 Å². The molecule has 3 unspecified atom stereocenters. The van der Waals surface area contributed by atoms with Gasteiger partial charge in [0.15, 0.2) is 5.60 Å². The molecule has 0 aromatic rings. The van der Waals surface area contributed by atoms with E-state index in [1.165, 1.54) is 110 Å². The number of alkyl carbamates (subject to hydrolysis) is 3. The van der Waals surface area contributed by atoms with E-state index in [2.05, 4.69) is 40.4 Å². The lowest BCUT2D eigenvalue weighted by Gasteiger charge is -2.42. The summed E-state index contributed by atoms with van der Waals surface area (Å²) in [6.45, 7) is 13.6. The third-order valence-electron chi connectivity index (χ3n) is 15.8. The predicted octanol–water partition coefficient (Wildman–Crippen LogP) is 11.6. The number of nitrogens with one attached hydrogen (secondary N) is 5. The number of rotatable bonds is 47.